The Balaban J connectivity index is 0.811. The van der Waals surface area contributed by atoms with Crippen LogP contribution in [-0.2, 0) is 6.42 Å². The second kappa shape index (κ2) is 27.5. The Morgan fingerprint density at radius 3 is 1.07 bits per heavy atom. The molecule has 0 atom stereocenters. The van der Waals surface area contributed by atoms with Gasteiger partial charge in [0.25, 0.3) is 0 Å². The molecule has 10 heteroatoms. The van der Waals surface area contributed by atoms with E-state index in [2.05, 4.69) is 31.2 Å². The Hall–Kier alpha value is -7.72. The van der Waals surface area contributed by atoms with Gasteiger partial charge in [-0.3, -0.25) is 0 Å². The molecule has 0 aliphatic heterocycles. The molecule has 0 N–H and O–H groups in total. The van der Waals surface area contributed by atoms with Crippen LogP contribution in [0.4, 0.5) is 0 Å². The summed E-state index contributed by atoms with van der Waals surface area (Å²) in [6.07, 6.45) is 16.8. The second-order valence-corrected chi connectivity index (χ2v) is 17.5. The number of aryl methyl sites for hydroxylation is 1. The summed E-state index contributed by atoms with van der Waals surface area (Å²) in [5.41, 5.74) is 2.60. The topological polar surface area (TPSA) is 124 Å². The van der Waals surface area contributed by atoms with Crippen molar-refractivity contribution in [3.63, 3.8) is 0 Å². The van der Waals surface area contributed by atoms with Crippen molar-refractivity contribution in [2.24, 2.45) is 0 Å². The van der Waals surface area contributed by atoms with Gasteiger partial charge in [0.2, 0.25) is 0 Å². The molecule has 0 fully saturated rings. The molecule has 71 heavy (non-hydrogen) atoms. The summed E-state index contributed by atoms with van der Waals surface area (Å²) in [5, 5.41) is 1.51. The molecule has 0 aliphatic carbocycles. The summed E-state index contributed by atoms with van der Waals surface area (Å²) in [5.74, 6) is 0.224. The smallest absolute Gasteiger partial charge is 0.343 e. The first-order valence-corrected chi connectivity index (χ1v) is 24.9. The average Bonchev–Trinajstić information content (AvgIpc) is 3.40. The molecular formula is C61H62O10. The lowest BCUT2D eigenvalue weighted by molar-refractivity contribution is 0.0720. The van der Waals surface area contributed by atoms with Crippen molar-refractivity contribution in [1.29, 1.82) is 0 Å². The fraction of sp³-hybridized carbons (Fsp3) is 0.279. The minimum absolute atomic E-state index is 0.254. The Labute approximate surface area is 416 Å². The van der Waals surface area contributed by atoms with E-state index < -0.39 is 23.9 Å². The van der Waals surface area contributed by atoms with E-state index in [0.29, 0.717) is 41.2 Å². The van der Waals surface area contributed by atoms with E-state index in [0.717, 1.165) is 43.9 Å². The van der Waals surface area contributed by atoms with E-state index in [-0.39, 0.29) is 34.1 Å². The van der Waals surface area contributed by atoms with E-state index in [1.165, 1.54) is 105 Å². The van der Waals surface area contributed by atoms with E-state index >= 15 is 0 Å². The minimum atomic E-state index is -0.608. The van der Waals surface area contributed by atoms with Crippen molar-refractivity contribution >= 4 is 34.6 Å². The number of carbonyl (C=O) groups is 4. The lowest BCUT2D eigenvalue weighted by atomic mass is 10.1. The van der Waals surface area contributed by atoms with Crippen LogP contribution < -0.4 is 28.4 Å². The zero-order valence-corrected chi connectivity index (χ0v) is 40.5. The van der Waals surface area contributed by atoms with E-state index in [1.807, 2.05) is 6.07 Å². The molecule has 0 aromatic heterocycles. The van der Waals surface area contributed by atoms with Crippen molar-refractivity contribution in [1.82, 2.24) is 0 Å². The van der Waals surface area contributed by atoms with Gasteiger partial charge < -0.3 is 28.4 Å². The highest BCUT2D eigenvalue weighted by atomic mass is 16.5. The monoisotopic (exact) mass is 954 g/mol. The summed E-state index contributed by atoms with van der Waals surface area (Å²) in [6.45, 7) is 3.48. The van der Waals surface area contributed by atoms with Crippen molar-refractivity contribution in [2.75, 3.05) is 13.2 Å². The van der Waals surface area contributed by atoms with Crippen LogP contribution in [0.15, 0.2) is 164 Å². The Morgan fingerprint density at radius 2 is 0.662 bits per heavy atom. The highest BCUT2D eigenvalue weighted by molar-refractivity contribution is 5.95. The van der Waals surface area contributed by atoms with Crippen LogP contribution in [0, 0.1) is 0 Å². The molecule has 0 heterocycles. The molecule has 7 aromatic rings. The van der Waals surface area contributed by atoms with Crippen LogP contribution in [0.2, 0.25) is 0 Å². The van der Waals surface area contributed by atoms with Gasteiger partial charge in [0, 0.05) is 0 Å². The Morgan fingerprint density at radius 1 is 0.324 bits per heavy atom. The van der Waals surface area contributed by atoms with Gasteiger partial charge in [-0.2, -0.15) is 0 Å². The summed E-state index contributed by atoms with van der Waals surface area (Å²) >= 11 is 0. The molecule has 7 rings (SSSR count). The SMILES string of the molecule is CCCCCCCCCCCCOc1ccc(C(=O)Oc2ccc(C(=O)Oc3ccc4ccc(OC(=O)c5ccc(OC(=O)c6ccc(OCCCCCc7ccccc7)cc6)cc5)cc4c3)cc2)cc1. The van der Waals surface area contributed by atoms with E-state index in [9.17, 15) is 19.2 Å². The zero-order chi connectivity index (χ0) is 49.5. The molecule has 0 saturated carbocycles. The fourth-order valence-electron chi connectivity index (χ4n) is 7.91. The lowest BCUT2D eigenvalue weighted by Crippen LogP contribution is -2.10. The number of fused-ring (bicyclic) bond motifs is 1. The van der Waals surface area contributed by atoms with Gasteiger partial charge in [0.1, 0.15) is 34.5 Å². The van der Waals surface area contributed by atoms with Crippen molar-refractivity contribution in [2.45, 2.75) is 96.8 Å². The third-order valence-electron chi connectivity index (χ3n) is 12.0. The molecule has 0 saturated heterocycles. The first-order valence-electron chi connectivity index (χ1n) is 24.9. The van der Waals surface area contributed by atoms with Gasteiger partial charge in [-0.05, 0) is 170 Å². The number of unbranched alkanes of at least 4 members (excludes halogenated alkanes) is 11. The summed E-state index contributed by atoms with van der Waals surface area (Å²) in [7, 11) is 0. The van der Waals surface area contributed by atoms with Gasteiger partial charge >= 0.3 is 23.9 Å². The van der Waals surface area contributed by atoms with E-state index in [4.69, 9.17) is 28.4 Å². The molecule has 10 nitrogen and oxygen atoms in total. The predicted octanol–water partition coefficient (Wildman–Crippen LogP) is 14.8. The number of hydrogen-bond acceptors (Lipinski definition) is 10. The molecule has 366 valence electrons. The number of ether oxygens (including phenoxy) is 6. The Kier molecular flexibility index (Phi) is 19.8. The van der Waals surface area contributed by atoms with Crippen LogP contribution in [0.25, 0.3) is 10.8 Å². The van der Waals surface area contributed by atoms with Crippen LogP contribution in [0.1, 0.15) is 137 Å². The maximum absolute atomic E-state index is 13.1. The molecule has 0 bridgehead atoms. The molecule has 0 spiro atoms. The number of hydrogen-bond donors (Lipinski definition) is 0. The summed E-state index contributed by atoms with van der Waals surface area (Å²) < 4.78 is 34.2. The standard InChI is InChI=1S/C61H62O10/c1-2-3-4-5-6-7-8-9-10-16-41-66-52-31-23-47(24-32-52)58(62)68-54-35-27-49(28-36-54)60(64)70-56-39-21-46-22-40-57(44-51(46)43-56)71-61(65)50-29-37-55(38-30-50)69-59(63)48-25-33-53(34-26-48)67-42-17-12-15-20-45-18-13-11-14-19-45/h11,13-14,18-19,21-40,43-44H,2-10,12,15-17,20,41-42H2,1H3. The van der Waals surface area contributed by atoms with Gasteiger partial charge in [-0.25, -0.2) is 19.2 Å². The van der Waals surface area contributed by atoms with Gasteiger partial charge in [-0.15, -0.1) is 0 Å². The molecule has 0 radical (unpaired) electrons. The number of rotatable bonds is 27. The first-order chi connectivity index (χ1) is 34.8. The number of esters is 4. The van der Waals surface area contributed by atoms with Crippen LogP contribution in [-0.4, -0.2) is 37.1 Å². The summed E-state index contributed by atoms with van der Waals surface area (Å²) in [4.78, 5) is 51.9. The van der Waals surface area contributed by atoms with Gasteiger partial charge in [0.15, 0.2) is 0 Å². The average molecular weight is 955 g/mol. The highest BCUT2D eigenvalue weighted by Crippen LogP contribution is 2.28. The van der Waals surface area contributed by atoms with Crippen LogP contribution >= 0.6 is 0 Å². The van der Waals surface area contributed by atoms with E-state index in [1.54, 1.807) is 84.9 Å². The maximum Gasteiger partial charge on any atom is 0.343 e. The van der Waals surface area contributed by atoms with Crippen molar-refractivity contribution in [3.8, 4) is 34.5 Å². The number of benzene rings is 7. The lowest BCUT2D eigenvalue weighted by Gasteiger charge is -2.10. The minimum Gasteiger partial charge on any atom is -0.494 e. The molecule has 0 amide bonds. The Bertz CT molecular complexity index is 2770. The molecular weight excluding hydrogens is 893 g/mol. The van der Waals surface area contributed by atoms with Crippen molar-refractivity contribution in [3.05, 3.63) is 192 Å². The third kappa shape index (κ3) is 16.7. The van der Waals surface area contributed by atoms with Crippen LogP contribution in [0.5, 0.6) is 34.5 Å². The molecule has 7 aromatic carbocycles. The predicted molar refractivity (Wildman–Crippen MR) is 276 cm³/mol. The summed E-state index contributed by atoms with van der Waals surface area (Å²) in [6, 6.07) is 46.6. The third-order valence-corrected chi connectivity index (χ3v) is 12.0. The zero-order valence-electron chi connectivity index (χ0n) is 40.5. The highest BCUT2D eigenvalue weighted by Gasteiger charge is 2.15. The van der Waals surface area contributed by atoms with Gasteiger partial charge in [0.05, 0.1) is 35.5 Å². The quantitative estimate of drug-likeness (QED) is 0.0280. The normalized spacial score (nSPS) is 10.9. The number of carbonyl (C=O) groups excluding carboxylic acids is 4. The molecule has 0 aliphatic rings. The first kappa shape index (κ1) is 51.1. The van der Waals surface area contributed by atoms with Gasteiger partial charge in [-0.1, -0.05) is 107 Å². The molecule has 0 unspecified atom stereocenters. The largest absolute Gasteiger partial charge is 0.494 e. The fourth-order valence-corrected chi connectivity index (χ4v) is 7.91. The maximum atomic E-state index is 13.1. The second-order valence-electron chi connectivity index (χ2n) is 17.5. The van der Waals surface area contributed by atoms with Crippen molar-refractivity contribution < 1.29 is 47.6 Å². The van der Waals surface area contributed by atoms with Crippen LogP contribution in [0.3, 0.4) is 0 Å².